The third-order valence-electron chi connectivity index (χ3n) is 11.5. The van der Waals surface area contributed by atoms with Crippen molar-refractivity contribution in [3.8, 4) is 0 Å². The summed E-state index contributed by atoms with van der Waals surface area (Å²) < 4.78 is 18.3. The van der Waals surface area contributed by atoms with Crippen LogP contribution in [0.5, 0.6) is 0 Å². The van der Waals surface area contributed by atoms with Gasteiger partial charge in [-0.05, 0) is 90.4 Å². The number of carbonyl (C=O) groups excluding carboxylic acids is 1. The van der Waals surface area contributed by atoms with E-state index in [4.69, 9.17) is 14.2 Å². The maximum Gasteiger partial charge on any atom is 0.303 e. The van der Waals surface area contributed by atoms with Crippen LogP contribution in [0.4, 0.5) is 0 Å². The first-order valence-corrected chi connectivity index (χ1v) is 14.8. The molecule has 35 heavy (non-hydrogen) atoms. The molecule has 4 heteroatoms. The van der Waals surface area contributed by atoms with Gasteiger partial charge < -0.3 is 14.2 Å². The summed E-state index contributed by atoms with van der Waals surface area (Å²) in [5.74, 6) is 3.79. The summed E-state index contributed by atoms with van der Waals surface area (Å²) in [5, 5.41) is 0. The van der Waals surface area contributed by atoms with E-state index < -0.39 is 11.9 Å². The van der Waals surface area contributed by atoms with Crippen LogP contribution in [0.1, 0.15) is 106 Å². The molecule has 1 saturated heterocycles. The molecule has 0 bridgehead atoms. The summed E-state index contributed by atoms with van der Waals surface area (Å²) in [6.45, 7) is 15.1. The van der Waals surface area contributed by atoms with E-state index in [9.17, 15) is 4.79 Å². The third kappa shape index (κ3) is 4.23. The zero-order valence-electron chi connectivity index (χ0n) is 23.2. The lowest BCUT2D eigenvalue weighted by Gasteiger charge is -2.60. The Balaban J connectivity index is 1.38. The fourth-order valence-corrected chi connectivity index (χ4v) is 9.77. The summed E-state index contributed by atoms with van der Waals surface area (Å²) in [6, 6.07) is 0. The van der Waals surface area contributed by atoms with E-state index in [-0.39, 0.29) is 11.4 Å². The zero-order valence-corrected chi connectivity index (χ0v) is 23.2. The molecule has 4 aliphatic carbocycles. The molecule has 1 heterocycles. The van der Waals surface area contributed by atoms with Gasteiger partial charge in [0.15, 0.2) is 6.10 Å². The van der Waals surface area contributed by atoms with Crippen LogP contribution in [-0.4, -0.2) is 31.1 Å². The molecule has 0 aromatic carbocycles. The van der Waals surface area contributed by atoms with Crippen molar-refractivity contribution < 1.29 is 19.0 Å². The SMILES string of the molecule is CC(=O)O[C@H]1C2=CC[C@H]3[C@@H]4CC[C@H]([C@H](C)CCCC(C)C)[C@@]4(C)CC[C@@H]3[C@@]2(C)CCC12OCCO2. The first-order valence-electron chi connectivity index (χ1n) is 14.8. The quantitative estimate of drug-likeness (QED) is 0.292. The number of hydrogen-bond donors (Lipinski definition) is 0. The molecule has 8 atom stereocenters. The molecule has 1 aliphatic heterocycles. The molecule has 1 spiro atoms. The van der Waals surface area contributed by atoms with Gasteiger partial charge in [0, 0.05) is 13.3 Å². The molecule has 0 amide bonds. The average molecular weight is 487 g/mol. The number of carbonyl (C=O) groups is 1. The summed E-state index contributed by atoms with van der Waals surface area (Å²) >= 11 is 0. The molecule has 5 rings (SSSR count). The van der Waals surface area contributed by atoms with Gasteiger partial charge in [-0.2, -0.15) is 0 Å². The van der Waals surface area contributed by atoms with Gasteiger partial charge in [0.05, 0.1) is 13.2 Å². The largest absolute Gasteiger partial charge is 0.452 e. The second kappa shape index (κ2) is 9.46. The molecule has 0 aromatic heterocycles. The monoisotopic (exact) mass is 486 g/mol. The highest BCUT2D eigenvalue weighted by Crippen LogP contribution is 2.68. The average Bonchev–Trinajstić information content (AvgIpc) is 3.40. The van der Waals surface area contributed by atoms with Crippen LogP contribution in [0.3, 0.4) is 0 Å². The van der Waals surface area contributed by atoms with Crippen LogP contribution in [0.25, 0.3) is 0 Å². The van der Waals surface area contributed by atoms with Crippen molar-refractivity contribution in [1.29, 1.82) is 0 Å². The van der Waals surface area contributed by atoms with E-state index in [0.717, 1.165) is 48.9 Å². The van der Waals surface area contributed by atoms with Crippen molar-refractivity contribution >= 4 is 5.97 Å². The minimum absolute atomic E-state index is 0.0753. The normalized spacial score (nSPS) is 42.8. The Kier molecular flexibility index (Phi) is 6.96. The number of hydrogen-bond acceptors (Lipinski definition) is 4. The Morgan fingerprint density at radius 2 is 1.77 bits per heavy atom. The van der Waals surface area contributed by atoms with Gasteiger partial charge in [-0.15, -0.1) is 0 Å². The number of allylic oxidation sites excluding steroid dienone is 1. The molecule has 198 valence electrons. The first-order chi connectivity index (χ1) is 16.6. The van der Waals surface area contributed by atoms with E-state index >= 15 is 0 Å². The maximum atomic E-state index is 12.2. The first kappa shape index (κ1) is 25.8. The highest BCUT2D eigenvalue weighted by molar-refractivity contribution is 5.67. The van der Waals surface area contributed by atoms with Crippen molar-refractivity contribution in [1.82, 2.24) is 0 Å². The van der Waals surface area contributed by atoms with Crippen molar-refractivity contribution in [3.63, 3.8) is 0 Å². The Hall–Kier alpha value is -0.870. The van der Waals surface area contributed by atoms with Gasteiger partial charge in [0.2, 0.25) is 5.79 Å². The molecule has 0 unspecified atom stereocenters. The van der Waals surface area contributed by atoms with Crippen LogP contribution in [-0.2, 0) is 19.0 Å². The Bertz CT molecular complexity index is 826. The standard InChI is InChI=1S/C31H50O4/c1-20(2)8-7-9-21(3)24-12-13-25-23-10-11-27-28(35-22(4)32)31(33-18-19-34-31)17-16-30(27,6)26(23)14-15-29(24,25)5/h11,20-21,23-26,28H,7-10,12-19H2,1-6H3/t21-,23+,24-,25+,26+,28+,29-,30-/m1/s1. The molecule has 4 nitrogen and oxygen atoms in total. The highest BCUT2D eigenvalue weighted by atomic mass is 16.8. The lowest BCUT2D eigenvalue weighted by atomic mass is 9.46. The van der Waals surface area contributed by atoms with Gasteiger partial charge in [-0.25, -0.2) is 0 Å². The summed E-state index contributed by atoms with van der Waals surface area (Å²) in [6.07, 6.45) is 14.7. The van der Waals surface area contributed by atoms with Crippen LogP contribution in [0.15, 0.2) is 11.6 Å². The number of rotatable bonds is 6. The molecule has 4 fully saturated rings. The van der Waals surface area contributed by atoms with Crippen molar-refractivity contribution in [2.24, 2.45) is 46.3 Å². The van der Waals surface area contributed by atoms with Crippen LogP contribution >= 0.6 is 0 Å². The minimum Gasteiger partial charge on any atom is -0.452 e. The second-order valence-corrected chi connectivity index (χ2v) is 13.7. The smallest absolute Gasteiger partial charge is 0.303 e. The molecule has 0 N–H and O–H groups in total. The molecule has 3 saturated carbocycles. The zero-order chi connectivity index (χ0) is 25.0. The lowest BCUT2D eigenvalue weighted by molar-refractivity contribution is -0.245. The van der Waals surface area contributed by atoms with Crippen LogP contribution in [0.2, 0.25) is 0 Å². The molecular weight excluding hydrogens is 436 g/mol. The minimum atomic E-state index is -0.767. The Labute approximate surface area is 213 Å². The van der Waals surface area contributed by atoms with Gasteiger partial charge in [-0.1, -0.05) is 60.0 Å². The summed E-state index contributed by atoms with van der Waals surface area (Å²) in [4.78, 5) is 12.2. The second-order valence-electron chi connectivity index (χ2n) is 13.7. The Morgan fingerprint density at radius 1 is 1.03 bits per heavy atom. The number of ether oxygens (including phenoxy) is 3. The fourth-order valence-electron chi connectivity index (χ4n) is 9.77. The lowest BCUT2D eigenvalue weighted by Crippen LogP contribution is -2.59. The Morgan fingerprint density at radius 3 is 2.46 bits per heavy atom. The third-order valence-corrected chi connectivity index (χ3v) is 11.5. The van der Waals surface area contributed by atoms with Crippen LogP contribution in [0, 0.1) is 46.3 Å². The summed E-state index contributed by atoms with van der Waals surface area (Å²) in [5.41, 5.74) is 1.86. The topological polar surface area (TPSA) is 44.8 Å². The van der Waals surface area contributed by atoms with E-state index in [1.54, 1.807) is 0 Å². The van der Waals surface area contributed by atoms with Crippen molar-refractivity contribution in [2.75, 3.05) is 13.2 Å². The molecule has 5 aliphatic rings. The highest BCUT2D eigenvalue weighted by Gasteiger charge is 2.64. The van der Waals surface area contributed by atoms with E-state index in [0.29, 0.717) is 24.5 Å². The predicted octanol–water partition coefficient (Wildman–Crippen LogP) is 7.31. The molecule has 0 radical (unpaired) electrons. The molecular formula is C31H50O4. The number of esters is 1. The van der Waals surface area contributed by atoms with Gasteiger partial charge in [0.25, 0.3) is 0 Å². The van der Waals surface area contributed by atoms with Gasteiger partial charge in [-0.3, -0.25) is 4.79 Å². The maximum absolute atomic E-state index is 12.2. The van der Waals surface area contributed by atoms with Crippen molar-refractivity contribution in [2.45, 2.75) is 118 Å². The number of fused-ring (bicyclic) bond motifs is 5. The molecule has 0 aromatic rings. The van der Waals surface area contributed by atoms with E-state index in [1.165, 1.54) is 57.4 Å². The van der Waals surface area contributed by atoms with Crippen molar-refractivity contribution in [3.05, 3.63) is 11.6 Å². The predicted molar refractivity (Wildman–Crippen MR) is 139 cm³/mol. The van der Waals surface area contributed by atoms with Gasteiger partial charge >= 0.3 is 5.97 Å². The van der Waals surface area contributed by atoms with Crippen LogP contribution < -0.4 is 0 Å². The fraction of sp³-hybridized carbons (Fsp3) is 0.903. The van der Waals surface area contributed by atoms with E-state index in [2.05, 4.69) is 40.7 Å². The summed E-state index contributed by atoms with van der Waals surface area (Å²) in [7, 11) is 0. The van der Waals surface area contributed by atoms with Gasteiger partial charge in [0.1, 0.15) is 0 Å². The van der Waals surface area contributed by atoms with E-state index in [1.807, 2.05) is 0 Å².